The number of hydrogen-bond donors (Lipinski definition) is 1. The maximum Gasteiger partial charge on any atom is 0.0706 e. The van der Waals surface area contributed by atoms with Crippen molar-refractivity contribution in [2.24, 2.45) is 0 Å². The monoisotopic (exact) mass is 198 g/mol. The molecule has 0 aliphatic rings. The summed E-state index contributed by atoms with van der Waals surface area (Å²) >= 11 is 0. The van der Waals surface area contributed by atoms with E-state index >= 15 is 0 Å². The third kappa shape index (κ3) is 1.90. The molecule has 0 radical (unpaired) electrons. The number of benzene rings is 1. The lowest BCUT2D eigenvalue weighted by atomic mass is 10.1. The molecule has 76 valence electrons. The average molecular weight is 198 g/mol. The summed E-state index contributed by atoms with van der Waals surface area (Å²) in [6.07, 6.45) is 1.86. The summed E-state index contributed by atoms with van der Waals surface area (Å²) in [6.45, 7) is 3.79. The highest BCUT2D eigenvalue weighted by Crippen LogP contribution is 2.16. The average Bonchev–Trinajstić information content (AvgIpc) is 2.30. The number of aromatic nitrogens is 1. The van der Waals surface area contributed by atoms with E-state index in [1.54, 1.807) is 0 Å². The first-order valence-electron chi connectivity index (χ1n) is 5.00. The molecule has 1 unspecified atom stereocenters. The second-order valence-electron chi connectivity index (χ2n) is 3.43. The molecule has 0 fully saturated rings. The summed E-state index contributed by atoms with van der Waals surface area (Å²) in [4.78, 5) is 4.58. The second kappa shape index (κ2) is 4.24. The third-order valence-corrected chi connectivity index (χ3v) is 2.49. The number of nitrogens with one attached hydrogen (secondary N) is 1. The van der Waals surface area contributed by atoms with Crippen molar-refractivity contribution in [2.45, 2.75) is 6.04 Å². The van der Waals surface area contributed by atoms with Crippen LogP contribution in [-0.4, -0.2) is 12.0 Å². The lowest BCUT2D eigenvalue weighted by Gasteiger charge is -2.11. The molecule has 0 spiro atoms. The first-order valence-corrected chi connectivity index (χ1v) is 5.00. The highest BCUT2D eigenvalue weighted by molar-refractivity contribution is 5.78. The Hall–Kier alpha value is -1.67. The van der Waals surface area contributed by atoms with E-state index in [1.807, 2.05) is 37.4 Å². The quantitative estimate of drug-likeness (QED) is 0.767. The minimum absolute atomic E-state index is 0.120. The molecule has 0 amide bonds. The Morgan fingerprint density at radius 2 is 2.07 bits per heavy atom. The molecule has 2 heteroatoms. The van der Waals surface area contributed by atoms with Crippen LogP contribution in [0.3, 0.4) is 0 Å². The maximum atomic E-state index is 4.58. The molecular formula is C13H14N2. The van der Waals surface area contributed by atoms with Gasteiger partial charge in [-0.2, -0.15) is 0 Å². The van der Waals surface area contributed by atoms with Gasteiger partial charge in [-0.15, -0.1) is 6.58 Å². The van der Waals surface area contributed by atoms with Crippen molar-refractivity contribution in [2.75, 3.05) is 7.05 Å². The molecule has 1 aromatic heterocycles. The number of likely N-dealkylation sites (N-methyl/N-ethyl adjacent to an activating group) is 1. The summed E-state index contributed by atoms with van der Waals surface area (Å²) in [5.74, 6) is 0. The van der Waals surface area contributed by atoms with Gasteiger partial charge in [0.05, 0.1) is 17.3 Å². The van der Waals surface area contributed by atoms with Gasteiger partial charge in [-0.25, -0.2) is 0 Å². The molecule has 2 nitrogen and oxygen atoms in total. The van der Waals surface area contributed by atoms with Gasteiger partial charge in [-0.05, 0) is 19.2 Å². The van der Waals surface area contributed by atoms with Gasteiger partial charge in [0.15, 0.2) is 0 Å². The standard InChI is InChI=1S/C13H14N2/c1-3-11(14-2)13-9-8-10-6-4-5-7-12(10)15-13/h3-9,11,14H,1H2,2H3. The third-order valence-electron chi connectivity index (χ3n) is 2.49. The van der Waals surface area contributed by atoms with E-state index in [9.17, 15) is 0 Å². The predicted octanol–water partition coefficient (Wildman–Crippen LogP) is 2.68. The summed E-state index contributed by atoms with van der Waals surface area (Å²) in [6, 6.07) is 12.4. The summed E-state index contributed by atoms with van der Waals surface area (Å²) in [5.41, 5.74) is 2.03. The maximum absolute atomic E-state index is 4.58. The summed E-state index contributed by atoms with van der Waals surface area (Å²) in [5, 5.41) is 4.32. The van der Waals surface area contributed by atoms with Gasteiger partial charge in [0.25, 0.3) is 0 Å². The molecule has 15 heavy (non-hydrogen) atoms. The van der Waals surface area contributed by atoms with Crippen molar-refractivity contribution >= 4 is 10.9 Å². The molecule has 0 saturated carbocycles. The smallest absolute Gasteiger partial charge is 0.0706 e. The molecule has 2 rings (SSSR count). The van der Waals surface area contributed by atoms with Crippen LogP contribution in [-0.2, 0) is 0 Å². The second-order valence-corrected chi connectivity index (χ2v) is 3.43. The molecular weight excluding hydrogens is 184 g/mol. The van der Waals surface area contributed by atoms with E-state index in [1.165, 1.54) is 5.39 Å². The fourth-order valence-electron chi connectivity index (χ4n) is 1.64. The van der Waals surface area contributed by atoms with Gasteiger partial charge >= 0.3 is 0 Å². The van der Waals surface area contributed by atoms with Crippen LogP contribution in [0.2, 0.25) is 0 Å². The fraction of sp³-hybridized carbons (Fsp3) is 0.154. The summed E-state index contributed by atoms with van der Waals surface area (Å²) < 4.78 is 0. The predicted molar refractivity (Wildman–Crippen MR) is 63.7 cm³/mol. The van der Waals surface area contributed by atoms with Crippen molar-refractivity contribution in [3.05, 3.63) is 54.7 Å². The molecule has 0 aliphatic heterocycles. The van der Waals surface area contributed by atoms with E-state index in [-0.39, 0.29) is 6.04 Å². The molecule has 0 aliphatic carbocycles. The molecule has 2 aromatic rings. The van der Waals surface area contributed by atoms with Crippen molar-refractivity contribution in [1.82, 2.24) is 10.3 Å². The number of nitrogens with zero attached hydrogens (tertiary/aromatic N) is 1. The van der Waals surface area contributed by atoms with E-state index < -0.39 is 0 Å². The molecule has 1 heterocycles. The van der Waals surface area contributed by atoms with E-state index in [4.69, 9.17) is 0 Å². The molecule has 1 N–H and O–H groups in total. The topological polar surface area (TPSA) is 24.9 Å². The zero-order valence-electron chi connectivity index (χ0n) is 8.77. The van der Waals surface area contributed by atoms with Crippen LogP contribution in [0, 0.1) is 0 Å². The van der Waals surface area contributed by atoms with Crippen molar-refractivity contribution in [1.29, 1.82) is 0 Å². The van der Waals surface area contributed by atoms with Crippen LogP contribution in [0.25, 0.3) is 10.9 Å². The molecule has 1 aromatic carbocycles. The lowest BCUT2D eigenvalue weighted by Crippen LogP contribution is -2.14. The Labute approximate surface area is 89.7 Å². The minimum Gasteiger partial charge on any atom is -0.309 e. The van der Waals surface area contributed by atoms with E-state index in [0.717, 1.165) is 11.2 Å². The Bertz CT molecular complexity index is 477. The Balaban J connectivity index is 2.50. The van der Waals surface area contributed by atoms with Gasteiger partial charge in [0.2, 0.25) is 0 Å². The van der Waals surface area contributed by atoms with Crippen LogP contribution in [0.15, 0.2) is 49.1 Å². The SMILES string of the molecule is C=CC(NC)c1ccc2ccccc2n1. The van der Waals surface area contributed by atoms with Crippen molar-refractivity contribution in [3.63, 3.8) is 0 Å². The molecule has 1 atom stereocenters. The highest BCUT2D eigenvalue weighted by Gasteiger charge is 2.05. The first-order chi connectivity index (χ1) is 7.35. The number of pyridine rings is 1. The number of rotatable bonds is 3. The van der Waals surface area contributed by atoms with Crippen LogP contribution in [0.4, 0.5) is 0 Å². The molecule has 0 saturated heterocycles. The van der Waals surface area contributed by atoms with Gasteiger partial charge in [-0.1, -0.05) is 30.3 Å². The normalized spacial score (nSPS) is 12.6. The zero-order chi connectivity index (χ0) is 10.7. The van der Waals surface area contributed by atoms with Crippen molar-refractivity contribution in [3.8, 4) is 0 Å². The Morgan fingerprint density at radius 1 is 1.27 bits per heavy atom. The highest BCUT2D eigenvalue weighted by atomic mass is 14.9. The number of fused-ring (bicyclic) bond motifs is 1. The largest absolute Gasteiger partial charge is 0.309 e. The van der Waals surface area contributed by atoms with Gasteiger partial charge < -0.3 is 5.32 Å². The lowest BCUT2D eigenvalue weighted by molar-refractivity contribution is 0.697. The van der Waals surface area contributed by atoms with Crippen LogP contribution >= 0.6 is 0 Å². The Morgan fingerprint density at radius 3 is 2.80 bits per heavy atom. The number of hydrogen-bond acceptors (Lipinski definition) is 2. The first kappa shape index (κ1) is 9.87. The minimum atomic E-state index is 0.120. The molecule has 0 bridgehead atoms. The van der Waals surface area contributed by atoms with Crippen molar-refractivity contribution < 1.29 is 0 Å². The number of para-hydroxylation sites is 1. The fourth-order valence-corrected chi connectivity index (χ4v) is 1.64. The zero-order valence-corrected chi connectivity index (χ0v) is 8.77. The van der Waals surface area contributed by atoms with E-state index in [2.05, 4.69) is 29.0 Å². The van der Waals surface area contributed by atoms with Crippen LogP contribution in [0.1, 0.15) is 11.7 Å². The van der Waals surface area contributed by atoms with Gasteiger partial charge in [0, 0.05) is 5.39 Å². The summed E-state index contributed by atoms with van der Waals surface area (Å²) in [7, 11) is 1.91. The van der Waals surface area contributed by atoms with Gasteiger partial charge in [-0.3, -0.25) is 4.98 Å². The van der Waals surface area contributed by atoms with Crippen LogP contribution in [0.5, 0.6) is 0 Å². The Kier molecular flexibility index (Phi) is 2.79. The van der Waals surface area contributed by atoms with Crippen LogP contribution < -0.4 is 5.32 Å². The van der Waals surface area contributed by atoms with E-state index in [0.29, 0.717) is 0 Å². The van der Waals surface area contributed by atoms with Gasteiger partial charge in [0.1, 0.15) is 0 Å².